The van der Waals surface area contributed by atoms with Gasteiger partial charge in [0.1, 0.15) is 0 Å². The SMILES string of the molecule is CCCc1nc(C(C)(N)Cc2ccc(Cl)cc2)no1. The fourth-order valence-corrected chi connectivity index (χ4v) is 2.03. The Labute approximate surface area is 118 Å². The average molecular weight is 280 g/mol. The molecule has 2 rings (SSSR count). The van der Waals surface area contributed by atoms with Crippen molar-refractivity contribution in [2.24, 2.45) is 5.73 Å². The molecule has 0 saturated carbocycles. The van der Waals surface area contributed by atoms with Crippen molar-refractivity contribution < 1.29 is 4.52 Å². The second-order valence-corrected chi connectivity index (χ2v) is 5.42. The second kappa shape index (κ2) is 5.72. The molecule has 5 heteroatoms. The van der Waals surface area contributed by atoms with Crippen LogP contribution in [0.4, 0.5) is 0 Å². The Bertz CT molecular complexity index is 534. The topological polar surface area (TPSA) is 64.9 Å². The van der Waals surface area contributed by atoms with Gasteiger partial charge in [0, 0.05) is 11.4 Å². The highest BCUT2D eigenvalue weighted by Crippen LogP contribution is 2.21. The summed E-state index contributed by atoms with van der Waals surface area (Å²) in [5.74, 6) is 1.19. The molecule has 19 heavy (non-hydrogen) atoms. The number of rotatable bonds is 5. The van der Waals surface area contributed by atoms with Crippen LogP contribution in [0.25, 0.3) is 0 Å². The zero-order chi connectivity index (χ0) is 13.9. The fraction of sp³-hybridized carbons (Fsp3) is 0.429. The second-order valence-electron chi connectivity index (χ2n) is 4.98. The first kappa shape index (κ1) is 14.0. The van der Waals surface area contributed by atoms with Crippen LogP contribution in [0.1, 0.15) is 37.5 Å². The minimum absolute atomic E-state index is 0.547. The number of nitrogens with two attached hydrogens (primary N) is 1. The van der Waals surface area contributed by atoms with E-state index in [1.807, 2.05) is 31.2 Å². The molecule has 0 spiro atoms. The van der Waals surface area contributed by atoms with Gasteiger partial charge in [-0.15, -0.1) is 0 Å². The molecular weight excluding hydrogens is 262 g/mol. The third-order valence-corrected chi connectivity index (χ3v) is 3.18. The van der Waals surface area contributed by atoms with Crippen LogP contribution in [-0.2, 0) is 18.4 Å². The summed E-state index contributed by atoms with van der Waals surface area (Å²) in [4.78, 5) is 4.36. The van der Waals surface area contributed by atoms with E-state index in [2.05, 4.69) is 17.1 Å². The highest BCUT2D eigenvalue weighted by molar-refractivity contribution is 6.30. The predicted molar refractivity (Wildman–Crippen MR) is 75.0 cm³/mol. The number of hydrogen-bond acceptors (Lipinski definition) is 4. The predicted octanol–water partition coefficient (Wildman–Crippen LogP) is 3.09. The minimum Gasteiger partial charge on any atom is -0.339 e. The van der Waals surface area contributed by atoms with Gasteiger partial charge in [0.05, 0.1) is 5.54 Å². The van der Waals surface area contributed by atoms with E-state index in [1.165, 1.54) is 0 Å². The smallest absolute Gasteiger partial charge is 0.226 e. The molecule has 1 aromatic heterocycles. The van der Waals surface area contributed by atoms with Crippen molar-refractivity contribution in [1.82, 2.24) is 10.1 Å². The Morgan fingerprint density at radius 3 is 2.63 bits per heavy atom. The lowest BCUT2D eigenvalue weighted by atomic mass is 9.93. The first-order valence-electron chi connectivity index (χ1n) is 6.37. The largest absolute Gasteiger partial charge is 0.339 e. The number of aryl methyl sites for hydroxylation is 1. The first-order valence-corrected chi connectivity index (χ1v) is 6.75. The lowest BCUT2D eigenvalue weighted by molar-refractivity contribution is 0.353. The molecule has 4 nitrogen and oxygen atoms in total. The van der Waals surface area contributed by atoms with E-state index in [9.17, 15) is 0 Å². The summed E-state index contributed by atoms with van der Waals surface area (Å²) in [6, 6.07) is 7.62. The van der Waals surface area contributed by atoms with Crippen LogP contribution in [0.2, 0.25) is 5.02 Å². The van der Waals surface area contributed by atoms with Crippen LogP contribution in [0.5, 0.6) is 0 Å². The van der Waals surface area contributed by atoms with E-state index in [1.54, 1.807) is 0 Å². The standard InChI is InChI=1S/C14H18ClN3O/c1-3-4-12-17-13(18-19-12)14(2,16)9-10-5-7-11(15)8-6-10/h5-8H,3-4,9,16H2,1-2H3. The summed E-state index contributed by atoms with van der Waals surface area (Å²) < 4.78 is 5.19. The lowest BCUT2D eigenvalue weighted by Crippen LogP contribution is -2.36. The fourth-order valence-electron chi connectivity index (χ4n) is 1.91. The molecule has 2 aromatic rings. The molecule has 1 atom stereocenters. The normalized spacial score (nSPS) is 14.3. The van der Waals surface area contributed by atoms with Gasteiger partial charge in [0.25, 0.3) is 0 Å². The molecule has 0 aliphatic carbocycles. The van der Waals surface area contributed by atoms with Gasteiger partial charge >= 0.3 is 0 Å². The summed E-state index contributed by atoms with van der Waals surface area (Å²) in [7, 11) is 0. The van der Waals surface area contributed by atoms with Gasteiger partial charge in [-0.25, -0.2) is 0 Å². The molecule has 1 heterocycles. The van der Waals surface area contributed by atoms with Crippen LogP contribution >= 0.6 is 11.6 Å². The Morgan fingerprint density at radius 1 is 1.32 bits per heavy atom. The molecule has 1 unspecified atom stereocenters. The van der Waals surface area contributed by atoms with Crippen molar-refractivity contribution in [1.29, 1.82) is 0 Å². The van der Waals surface area contributed by atoms with Crippen molar-refractivity contribution in [3.8, 4) is 0 Å². The Hall–Kier alpha value is -1.39. The van der Waals surface area contributed by atoms with Crippen LogP contribution in [0.3, 0.4) is 0 Å². The van der Waals surface area contributed by atoms with Crippen LogP contribution in [-0.4, -0.2) is 10.1 Å². The lowest BCUT2D eigenvalue weighted by Gasteiger charge is -2.20. The van der Waals surface area contributed by atoms with Crippen LogP contribution in [0.15, 0.2) is 28.8 Å². The summed E-state index contributed by atoms with van der Waals surface area (Å²) in [5, 5.41) is 4.70. The summed E-state index contributed by atoms with van der Waals surface area (Å²) in [6.45, 7) is 3.97. The van der Waals surface area contributed by atoms with Gasteiger partial charge in [-0.3, -0.25) is 0 Å². The highest BCUT2D eigenvalue weighted by atomic mass is 35.5. The van der Waals surface area contributed by atoms with Crippen molar-refractivity contribution >= 4 is 11.6 Å². The molecule has 0 saturated heterocycles. The molecule has 0 aliphatic heterocycles. The zero-order valence-corrected chi connectivity index (χ0v) is 11.9. The van der Waals surface area contributed by atoms with E-state index in [-0.39, 0.29) is 0 Å². The van der Waals surface area contributed by atoms with Crippen molar-refractivity contribution in [3.63, 3.8) is 0 Å². The molecule has 0 amide bonds. The Kier molecular flexibility index (Phi) is 4.22. The van der Waals surface area contributed by atoms with Gasteiger partial charge in [-0.2, -0.15) is 4.98 Å². The molecule has 0 fully saturated rings. The third kappa shape index (κ3) is 3.55. The van der Waals surface area contributed by atoms with E-state index in [0.717, 1.165) is 18.4 Å². The minimum atomic E-state index is -0.649. The monoisotopic (exact) mass is 279 g/mol. The van der Waals surface area contributed by atoms with Gasteiger partial charge < -0.3 is 10.3 Å². The van der Waals surface area contributed by atoms with Gasteiger partial charge in [-0.1, -0.05) is 35.8 Å². The van der Waals surface area contributed by atoms with Crippen molar-refractivity contribution in [2.75, 3.05) is 0 Å². The Balaban J connectivity index is 2.14. The van der Waals surface area contributed by atoms with Crippen LogP contribution < -0.4 is 5.73 Å². The third-order valence-electron chi connectivity index (χ3n) is 2.93. The van der Waals surface area contributed by atoms with E-state index < -0.39 is 5.54 Å². The number of nitrogens with zero attached hydrogens (tertiary/aromatic N) is 2. The molecule has 102 valence electrons. The maximum atomic E-state index is 6.30. The molecule has 0 bridgehead atoms. The summed E-state index contributed by atoms with van der Waals surface area (Å²) in [6.07, 6.45) is 2.39. The van der Waals surface area contributed by atoms with E-state index >= 15 is 0 Å². The average Bonchev–Trinajstić information content (AvgIpc) is 2.82. The first-order chi connectivity index (χ1) is 9.01. The van der Waals surface area contributed by atoms with E-state index in [0.29, 0.717) is 23.2 Å². The maximum absolute atomic E-state index is 6.30. The van der Waals surface area contributed by atoms with Gasteiger partial charge in [0.2, 0.25) is 5.89 Å². The molecule has 0 aliphatic rings. The molecular formula is C14H18ClN3O. The number of benzene rings is 1. The Morgan fingerprint density at radius 2 is 2.00 bits per heavy atom. The highest BCUT2D eigenvalue weighted by Gasteiger charge is 2.27. The van der Waals surface area contributed by atoms with E-state index in [4.69, 9.17) is 21.9 Å². The quantitative estimate of drug-likeness (QED) is 0.913. The van der Waals surface area contributed by atoms with Gasteiger partial charge in [0.15, 0.2) is 5.82 Å². The molecule has 1 aromatic carbocycles. The molecule has 0 radical (unpaired) electrons. The summed E-state index contributed by atoms with van der Waals surface area (Å²) in [5.41, 5.74) is 6.74. The molecule has 2 N–H and O–H groups in total. The number of halogens is 1. The van der Waals surface area contributed by atoms with Crippen molar-refractivity contribution in [3.05, 3.63) is 46.6 Å². The summed E-state index contributed by atoms with van der Waals surface area (Å²) >= 11 is 5.87. The van der Waals surface area contributed by atoms with Crippen LogP contribution in [0, 0.1) is 0 Å². The van der Waals surface area contributed by atoms with Crippen molar-refractivity contribution in [2.45, 2.75) is 38.6 Å². The van der Waals surface area contributed by atoms with Gasteiger partial charge in [-0.05, 0) is 37.5 Å². The number of aromatic nitrogens is 2. The zero-order valence-electron chi connectivity index (χ0n) is 11.2. The maximum Gasteiger partial charge on any atom is 0.226 e. The number of hydrogen-bond donors (Lipinski definition) is 1.